The Morgan fingerprint density at radius 1 is 1.25 bits per heavy atom. The van der Waals surface area contributed by atoms with E-state index in [0.29, 0.717) is 5.69 Å². The average molecular weight is 342 g/mol. The molecule has 0 aliphatic heterocycles. The Bertz CT molecular complexity index is 852. The SMILES string of the molecule is Cc1ccccc1SCC(=O)Nc1c(F)cccc1-n1cncn1. The Balaban J connectivity index is 1.74. The summed E-state index contributed by atoms with van der Waals surface area (Å²) in [6.45, 7) is 1.99. The van der Waals surface area contributed by atoms with E-state index in [0.717, 1.165) is 10.5 Å². The monoisotopic (exact) mass is 342 g/mol. The van der Waals surface area contributed by atoms with Gasteiger partial charge in [0.1, 0.15) is 24.2 Å². The predicted octanol–water partition coefficient (Wildman–Crippen LogP) is 3.45. The quantitative estimate of drug-likeness (QED) is 0.722. The number of carbonyl (C=O) groups is 1. The van der Waals surface area contributed by atoms with Crippen LogP contribution in [0.1, 0.15) is 5.56 Å². The zero-order chi connectivity index (χ0) is 16.9. The maximum absolute atomic E-state index is 14.1. The molecule has 0 atom stereocenters. The highest BCUT2D eigenvalue weighted by Gasteiger charge is 2.14. The van der Waals surface area contributed by atoms with Crippen LogP contribution in [0.4, 0.5) is 10.1 Å². The maximum atomic E-state index is 14.1. The van der Waals surface area contributed by atoms with E-state index >= 15 is 0 Å². The number of para-hydroxylation sites is 1. The highest BCUT2D eigenvalue weighted by atomic mass is 32.2. The van der Waals surface area contributed by atoms with Crippen LogP contribution in [0.2, 0.25) is 0 Å². The van der Waals surface area contributed by atoms with Crippen molar-refractivity contribution in [1.29, 1.82) is 0 Å². The average Bonchev–Trinajstić information content (AvgIpc) is 3.10. The molecule has 1 amide bonds. The van der Waals surface area contributed by atoms with Gasteiger partial charge in [0.05, 0.1) is 11.4 Å². The smallest absolute Gasteiger partial charge is 0.234 e. The van der Waals surface area contributed by atoms with Crippen LogP contribution in [0.5, 0.6) is 0 Å². The van der Waals surface area contributed by atoms with E-state index in [4.69, 9.17) is 0 Å². The normalized spacial score (nSPS) is 10.6. The van der Waals surface area contributed by atoms with Crippen molar-refractivity contribution in [2.45, 2.75) is 11.8 Å². The zero-order valence-corrected chi connectivity index (χ0v) is 13.8. The molecule has 0 spiro atoms. The standard InChI is InChI=1S/C17H15FN4OS/c1-12-5-2-3-8-15(12)24-9-16(23)21-17-13(18)6-4-7-14(17)22-11-19-10-20-22/h2-8,10-11H,9H2,1H3,(H,21,23). The molecule has 0 radical (unpaired) electrons. The van der Waals surface area contributed by atoms with Crippen molar-refractivity contribution >= 4 is 23.4 Å². The number of hydrogen-bond donors (Lipinski definition) is 1. The number of anilines is 1. The number of amides is 1. The molecule has 2 aromatic carbocycles. The minimum Gasteiger partial charge on any atom is -0.321 e. The van der Waals surface area contributed by atoms with Crippen LogP contribution >= 0.6 is 11.8 Å². The van der Waals surface area contributed by atoms with Gasteiger partial charge in [0.2, 0.25) is 5.91 Å². The first-order valence-corrected chi connectivity index (χ1v) is 8.25. The molecule has 1 heterocycles. The lowest BCUT2D eigenvalue weighted by Gasteiger charge is -2.12. The molecule has 0 saturated carbocycles. The lowest BCUT2D eigenvalue weighted by molar-refractivity contribution is -0.113. The Morgan fingerprint density at radius 2 is 2.08 bits per heavy atom. The van der Waals surface area contributed by atoms with Gasteiger partial charge in [0, 0.05) is 4.90 Å². The number of hydrogen-bond acceptors (Lipinski definition) is 4. The number of benzene rings is 2. The molecule has 7 heteroatoms. The predicted molar refractivity (Wildman–Crippen MR) is 91.8 cm³/mol. The molecule has 1 N–H and O–H groups in total. The number of thioether (sulfide) groups is 1. The minimum atomic E-state index is -0.516. The van der Waals surface area contributed by atoms with Gasteiger partial charge < -0.3 is 5.32 Å². The van der Waals surface area contributed by atoms with Crippen molar-refractivity contribution in [3.63, 3.8) is 0 Å². The summed E-state index contributed by atoms with van der Waals surface area (Å²) in [5.41, 5.74) is 1.63. The first kappa shape index (κ1) is 16.2. The number of halogens is 1. The molecule has 3 aromatic rings. The van der Waals surface area contributed by atoms with E-state index in [2.05, 4.69) is 15.4 Å². The Hall–Kier alpha value is -2.67. The molecule has 3 rings (SSSR count). The molecule has 0 bridgehead atoms. The van der Waals surface area contributed by atoms with Gasteiger partial charge in [-0.05, 0) is 30.7 Å². The first-order chi connectivity index (χ1) is 11.6. The molecule has 0 unspecified atom stereocenters. The molecule has 0 saturated heterocycles. The molecular formula is C17H15FN4OS. The lowest BCUT2D eigenvalue weighted by Crippen LogP contribution is -2.17. The summed E-state index contributed by atoms with van der Waals surface area (Å²) < 4.78 is 15.6. The van der Waals surface area contributed by atoms with Crippen molar-refractivity contribution < 1.29 is 9.18 Å². The Labute approximate surface area is 142 Å². The molecule has 0 fully saturated rings. The van der Waals surface area contributed by atoms with Crippen molar-refractivity contribution in [2.24, 2.45) is 0 Å². The third-order valence-electron chi connectivity index (χ3n) is 3.37. The summed E-state index contributed by atoms with van der Waals surface area (Å²) in [5, 5.41) is 6.62. The van der Waals surface area contributed by atoms with Crippen LogP contribution in [0.15, 0.2) is 60.0 Å². The number of nitrogens with one attached hydrogen (secondary N) is 1. The largest absolute Gasteiger partial charge is 0.321 e. The minimum absolute atomic E-state index is 0.0957. The van der Waals surface area contributed by atoms with Gasteiger partial charge in [0.15, 0.2) is 0 Å². The van der Waals surface area contributed by atoms with Crippen LogP contribution in [0, 0.1) is 12.7 Å². The summed E-state index contributed by atoms with van der Waals surface area (Å²) in [7, 11) is 0. The molecule has 24 heavy (non-hydrogen) atoms. The van der Waals surface area contributed by atoms with Gasteiger partial charge in [-0.3, -0.25) is 4.79 Å². The molecule has 5 nitrogen and oxygen atoms in total. The van der Waals surface area contributed by atoms with Crippen LogP contribution in [-0.4, -0.2) is 26.4 Å². The number of nitrogens with zero attached hydrogens (tertiary/aromatic N) is 3. The van der Waals surface area contributed by atoms with Gasteiger partial charge >= 0.3 is 0 Å². The van der Waals surface area contributed by atoms with E-state index in [1.807, 2.05) is 31.2 Å². The summed E-state index contributed by atoms with van der Waals surface area (Å²) >= 11 is 1.41. The Kier molecular flexibility index (Phi) is 4.90. The van der Waals surface area contributed by atoms with Gasteiger partial charge in [-0.1, -0.05) is 24.3 Å². The summed E-state index contributed by atoms with van der Waals surface area (Å²) in [5.74, 6) is -0.609. The fourth-order valence-corrected chi connectivity index (χ4v) is 3.03. The highest BCUT2D eigenvalue weighted by molar-refractivity contribution is 8.00. The first-order valence-electron chi connectivity index (χ1n) is 7.27. The second kappa shape index (κ2) is 7.27. The van der Waals surface area contributed by atoms with E-state index in [9.17, 15) is 9.18 Å². The van der Waals surface area contributed by atoms with E-state index in [1.54, 1.807) is 12.1 Å². The summed E-state index contributed by atoms with van der Waals surface area (Å²) in [6, 6.07) is 12.3. The van der Waals surface area contributed by atoms with Gasteiger partial charge in [-0.2, -0.15) is 5.10 Å². The Morgan fingerprint density at radius 3 is 2.83 bits per heavy atom. The zero-order valence-electron chi connectivity index (χ0n) is 12.9. The topological polar surface area (TPSA) is 59.8 Å². The number of aryl methyl sites for hydroxylation is 1. The van der Waals surface area contributed by atoms with Gasteiger partial charge in [-0.25, -0.2) is 14.1 Å². The molecule has 0 aliphatic carbocycles. The number of rotatable bonds is 5. The van der Waals surface area contributed by atoms with Crippen molar-refractivity contribution in [1.82, 2.24) is 14.8 Å². The molecule has 1 aromatic heterocycles. The van der Waals surface area contributed by atoms with E-state index in [1.165, 1.54) is 35.2 Å². The molecule has 122 valence electrons. The van der Waals surface area contributed by atoms with E-state index < -0.39 is 5.82 Å². The van der Waals surface area contributed by atoms with Crippen molar-refractivity contribution in [2.75, 3.05) is 11.1 Å². The van der Waals surface area contributed by atoms with Crippen LogP contribution < -0.4 is 5.32 Å². The van der Waals surface area contributed by atoms with Crippen LogP contribution in [0.25, 0.3) is 5.69 Å². The van der Waals surface area contributed by atoms with Crippen LogP contribution in [-0.2, 0) is 4.79 Å². The lowest BCUT2D eigenvalue weighted by atomic mass is 10.2. The third-order valence-corrected chi connectivity index (χ3v) is 4.55. The fourth-order valence-electron chi connectivity index (χ4n) is 2.20. The number of aromatic nitrogens is 3. The number of carbonyl (C=O) groups excluding carboxylic acids is 1. The van der Waals surface area contributed by atoms with Gasteiger partial charge in [-0.15, -0.1) is 11.8 Å². The van der Waals surface area contributed by atoms with E-state index in [-0.39, 0.29) is 17.3 Å². The summed E-state index contributed by atoms with van der Waals surface area (Å²) in [4.78, 5) is 17.1. The van der Waals surface area contributed by atoms with Crippen molar-refractivity contribution in [3.8, 4) is 5.69 Å². The molecule has 0 aliphatic rings. The summed E-state index contributed by atoms with van der Waals surface area (Å²) in [6.07, 6.45) is 2.80. The van der Waals surface area contributed by atoms with Crippen molar-refractivity contribution in [3.05, 3.63) is 66.5 Å². The highest BCUT2D eigenvalue weighted by Crippen LogP contribution is 2.25. The second-order valence-electron chi connectivity index (χ2n) is 5.08. The second-order valence-corrected chi connectivity index (χ2v) is 6.09. The van der Waals surface area contributed by atoms with Crippen LogP contribution in [0.3, 0.4) is 0 Å². The van der Waals surface area contributed by atoms with Gasteiger partial charge in [0.25, 0.3) is 0 Å². The third kappa shape index (κ3) is 3.62. The molecular weight excluding hydrogens is 327 g/mol. The maximum Gasteiger partial charge on any atom is 0.234 e. The fraction of sp³-hybridized carbons (Fsp3) is 0.118.